The quantitative estimate of drug-likeness (QED) is 0.104. The van der Waals surface area contributed by atoms with Crippen molar-refractivity contribution in [3.63, 3.8) is 0 Å². The summed E-state index contributed by atoms with van der Waals surface area (Å²) < 4.78 is 0. The van der Waals surface area contributed by atoms with Gasteiger partial charge in [-0.15, -0.1) is 0 Å². The number of nitrogens with two attached hydrogens (primary N) is 3. The third-order valence-electron chi connectivity index (χ3n) is 32.1. The van der Waals surface area contributed by atoms with Gasteiger partial charge in [-0.1, -0.05) is 440 Å². The zero-order chi connectivity index (χ0) is 102. The van der Waals surface area contributed by atoms with E-state index >= 15 is 0 Å². The first-order valence-corrected chi connectivity index (χ1v) is 55.3. The van der Waals surface area contributed by atoms with E-state index in [0.29, 0.717) is 65.2 Å². The number of fused-ring (bicyclic) bond motifs is 11. The van der Waals surface area contributed by atoms with Crippen LogP contribution in [0.3, 0.4) is 0 Å². The van der Waals surface area contributed by atoms with Crippen LogP contribution in [0.5, 0.6) is 0 Å². The smallest absolute Gasteiger partial charge is 0.0651 e. The monoisotopic (exact) mass is 1880 g/mol. The van der Waals surface area contributed by atoms with Gasteiger partial charge in [-0.2, -0.15) is 0 Å². The SMILES string of the molecule is CC(C)C1CCc2ccccc21.CC(C)C1Cc2ccccc2C1.CC(C)C1c2ccccc2CC1O.CC(C)c1ccc2c(c1)C(N)CC2.CC(C)c1ccc2c(c1)CC(N)C2.CC(C)c1ccc2c(c1)CCC2N.CC(C)c1ccc2ccccc2c1.CC(C)c1cccc2c1C(C)CC2.CC(C)c1cccc2c1CCC2C.CC(C)c1cccc2ccccc12.CC1Cc2cccc(C(C)C)c2C1. The molecule has 0 heterocycles. The average Bonchev–Trinajstić information content (AvgIpc) is 1.21. The van der Waals surface area contributed by atoms with Gasteiger partial charge in [0.25, 0.3) is 0 Å². The van der Waals surface area contributed by atoms with Crippen molar-refractivity contribution in [2.75, 3.05) is 0 Å². The second-order valence-corrected chi connectivity index (χ2v) is 46.5. The van der Waals surface area contributed by atoms with E-state index in [1.807, 2.05) is 6.07 Å². The maximum absolute atomic E-state index is 9.88. The summed E-state index contributed by atoms with van der Waals surface area (Å²) in [5.41, 5.74) is 57.1. The number of rotatable bonds is 11. The average molecular weight is 1890 g/mol. The Morgan fingerprint density at radius 3 is 1.30 bits per heavy atom. The fourth-order valence-electron chi connectivity index (χ4n) is 23.5. The van der Waals surface area contributed by atoms with E-state index < -0.39 is 0 Å². The third kappa shape index (κ3) is 29.3. The van der Waals surface area contributed by atoms with Crippen molar-refractivity contribution >= 4 is 21.5 Å². The Labute approximate surface area is 856 Å². The van der Waals surface area contributed by atoms with Gasteiger partial charge in [0.1, 0.15) is 0 Å². The summed E-state index contributed by atoms with van der Waals surface area (Å²) in [7, 11) is 0. The van der Waals surface area contributed by atoms with Crippen LogP contribution < -0.4 is 17.2 Å². The van der Waals surface area contributed by atoms with Crippen LogP contribution in [0.2, 0.25) is 0 Å². The maximum Gasteiger partial charge on any atom is 0.0651 e. The lowest BCUT2D eigenvalue weighted by molar-refractivity contribution is 0.136. The molecular weight excluding hydrogens is 1700 g/mol. The zero-order valence-electron chi connectivity index (χ0n) is 91.7. The highest BCUT2D eigenvalue weighted by Gasteiger charge is 2.34. The van der Waals surface area contributed by atoms with Gasteiger partial charge in [0.2, 0.25) is 0 Å². The molecule has 4 heteroatoms. The second-order valence-electron chi connectivity index (χ2n) is 46.5. The molecule has 7 N–H and O–H groups in total. The first kappa shape index (κ1) is 110. The molecule has 750 valence electrons. The van der Waals surface area contributed by atoms with Crippen LogP contribution in [0, 0.1) is 29.6 Å². The van der Waals surface area contributed by atoms with Crippen molar-refractivity contribution in [1.29, 1.82) is 0 Å². The zero-order valence-corrected chi connectivity index (χ0v) is 91.7. The van der Waals surface area contributed by atoms with Crippen LogP contribution in [0.25, 0.3) is 21.5 Å². The van der Waals surface area contributed by atoms with Crippen molar-refractivity contribution < 1.29 is 5.11 Å². The normalized spacial score (nSPS) is 19.2. The number of aliphatic hydroxyl groups is 1. The van der Waals surface area contributed by atoms with Gasteiger partial charge in [-0.25, -0.2) is 0 Å². The lowest BCUT2D eigenvalue weighted by Crippen LogP contribution is -2.18. The molecule has 13 aromatic rings. The lowest BCUT2D eigenvalue weighted by Gasteiger charge is -2.19. The molecule has 0 amide bonds. The van der Waals surface area contributed by atoms with Crippen LogP contribution in [0.4, 0.5) is 0 Å². The first-order valence-electron chi connectivity index (χ1n) is 55.3. The number of hydrogen-bond acceptors (Lipinski definition) is 4. The Balaban J connectivity index is 0.000000139. The summed E-state index contributed by atoms with van der Waals surface area (Å²) in [6, 6.07) is 98.1. The van der Waals surface area contributed by atoms with E-state index in [0.717, 1.165) is 86.4 Å². The molecule has 13 aromatic carbocycles. The fourth-order valence-corrected chi connectivity index (χ4v) is 23.5. The molecule has 0 saturated heterocycles. The van der Waals surface area contributed by atoms with Gasteiger partial charge in [-0.05, 0) is 370 Å². The van der Waals surface area contributed by atoms with Crippen LogP contribution in [0.15, 0.2) is 267 Å². The molecule has 9 aliphatic carbocycles. The second kappa shape index (κ2) is 52.1. The molecular formula is C137H181N3O. The first-order chi connectivity index (χ1) is 67.4. The van der Waals surface area contributed by atoms with Crippen molar-refractivity contribution in [2.24, 2.45) is 46.8 Å². The molecule has 141 heavy (non-hydrogen) atoms. The molecule has 22 rings (SSSR count). The lowest BCUT2D eigenvalue weighted by atomic mass is 9.89. The highest BCUT2D eigenvalue weighted by molar-refractivity contribution is 5.86. The summed E-state index contributed by atoms with van der Waals surface area (Å²) in [6.45, 7) is 56.8. The van der Waals surface area contributed by atoms with Crippen molar-refractivity contribution in [3.8, 4) is 0 Å². The summed E-state index contributed by atoms with van der Waals surface area (Å²) in [6.07, 6.45) is 20.5. The number of aryl methyl sites for hydroxylation is 4. The van der Waals surface area contributed by atoms with Gasteiger partial charge in [0.15, 0.2) is 0 Å². The van der Waals surface area contributed by atoms with E-state index in [-0.39, 0.29) is 18.2 Å². The Bertz CT molecular complexity index is 6080. The molecule has 9 aliphatic rings. The fraction of sp³-hybridized carbons (Fsp3) is 0.460. The number of aliphatic hydroxyl groups excluding tert-OH is 1. The minimum absolute atomic E-state index is 0.169. The largest absolute Gasteiger partial charge is 0.392 e. The Morgan fingerprint density at radius 1 is 0.255 bits per heavy atom. The number of hydrogen-bond donors (Lipinski definition) is 4. The van der Waals surface area contributed by atoms with E-state index in [9.17, 15) is 5.11 Å². The summed E-state index contributed by atoms with van der Waals surface area (Å²) in [5, 5.41) is 15.3. The minimum atomic E-state index is -0.169. The Hall–Kier alpha value is -9.78. The predicted octanol–water partition coefficient (Wildman–Crippen LogP) is 35.7. The van der Waals surface area contributed by atoms with E-state index in [1.54, 1.807) is 72.3 Å². The number of benzene rings is 13. The molecule has 0 aromatic heterocycles. The van der Waals surface area contributed by atoms with Crippen molar-refractivity contribution in [2.45, 2.75) is 377 Å². The Morgan fingerprint density at radius 2 is 0.688 bits per heavy atom. The van der Waals surface area contributed by atoms with E-state index in [4.69, 9.17) is 17.2 Å². The van der Waals surface area contributed by atoms with Gasteiger partial charge >= 0.3 is 0 Å². The minimum Gasteiger partial charge on any atom is -0.392 e. The predicted molar refractivity (Wildman–Crippen MR) is 613 cm³/mol. The standard InChI is InChI=1S/3C13H18.2C13H14.3C12H17N.C12H16O.2C12H16/c1-9(2)12-6-4-5-11-7-10(3)8-13(11)12;1-9(2)11-5-4-6-12-10(3)7-8-13(11)12;1-9(2)12-6-4-5-11-8-7-10(3)13(11)12;1-10(2)12-9-5-7-11-6-3-4-8-13(11)12;1-10(2)12-8-7-11-5-3-4-6-13(11)9-12;1-8(2)9-3-5-11-10(7-9)4-6-12(11)13;1-8(2)9-3-4-10-6-12(13)7-11(10)5-9;1-8(2)10-4-3-9-5-6-12(13)11(9)7-10;1-8(2)12-10-6-4-3-5-9(10)7-11(12)13;1-9(2)12-7-10-5-3-4-6-11(10)8-12;1-9(2)11-8-7-10-5-3-4-6-12(10)11/h3*4-6,9-10H,7-8H2,1-3H3;2*3-10H,1-2H3;3,5,7-8,12H,4,6,13H2,1-2H3;3-5,8,12H,6-7,13H2,1-2H3;3-4,7-8,12H,5-6,13H2,1-2H3;3-6,8,11-13H,7H2,1-2H3;3-6,9,12H,7-8H2,1-2H3;3-6,9,11H,7-8H2,1-2H3. The Kier molecular flexibility index (Phi) is 40.7. The molecule has 0 spiro atoms. The highest BCUT2D eigenvalue weighted by Crippen LogP contribution is 2.44. The summed E-state index contributed by atoms with van der Waals surface area (Å²) in [4.78, 5) is 0. The van der Waals surface area contributed by atoms with Crippen molar-refractivity contribution in [1.82, 2.24) is 0 Å². The van der Waals surface area contributed by atoms with E-state index in [1.165, 1.54) is 158 Å². The molecule has 4 nitrogen and oxygen atoms in total. The topological polar surface area (TPSA) is 98.3 Å². The van der Waals surface area contributed by atoms with Gasteiger partial charge in [0.05, 0.1) is 6.10 Å². The highest BCUT2D eigenvalue weighted by atomic mass is 16.3. The summed E-state index contributed by atoms with van der Waals surface area (Å²) in [5.74, 6) is 11.8. The van der Waals surface area contributed by atoms with Crippen LogP contribution in [-0.4, -0.2) is 17.3 Å². The van der Waals surface area contributed by atoms with Crippen LogP contribution in [-0.2, 0) is 77.0 Å². The molecule has 0 saturated carbocycles. The van der Waals surface area contributed by atoms with E-state index in [2.05, 4.69) is 434 Å². The molecule has 0 aliphatic heterocycles. The molecule has 0 bridgehead atoms. The molecule has 9 atom stereocenters. The maximum atomic E-state index is 9.88. The molecule has 9 unspecified atom stereocenters. The van der Waals surface area contributed by atoms with Crippen molar-refractivity contribution in [3.05, 3.63) is 412 Å². The summed E-state index contributed by atoms with van der Waals surface area (Å²) >= 11 is 0. The molecule has 0 radical (unpaired) electrons. The molecule has 0 fully saturated rings. The van der Waals surface area contributed by atoms with Crippen LogP contribution in [0.1, 0.15) is 433 Å². The van der Waals surface area contributed by atoms with Gasteiger partial charge < -0.3 is 22.3 Å². The van der Waals surface area contributed by atoms with Gasteiger partial charge in [0, 0.05) is 24.0 Å². The third-order valence-corrected chi connectivity index (χ3v) is 32.1. The van der Waals surface area contributed by atoms with Gasteiger partial charge in [-0.3, -0.25) is 0 Å². The van der Waals surface area contributed by atoms with Crippen LogP contribution >= 0.6 is 0 Å².